The van der Waals surface area contributed by atoms with Crippen LogP contribution in [0.5, 0.6) is 5.75 Å². The van der Waals surface area contributed by atoms with Crippen LogP contribution in [0.1, 0.15) is 6.42 Å². The van der Waals surface area contributed by atoms with Gasteiger partial charge in [-0.15, -0.1) is 11.3 Å². The van der Waals surface area contributed by atoms with Crippen LogP contribution in [-0.4, -0.2) is 44.0 Å². The summed E-state index contributed by atoms with van der Waals surface area (Å²) in [5.41, 5.74) is 1.70. The second-order valence-corrected chi connectivity index (χ2v) is 9.11. The van der Waals surface area contributed by atoms with Crippen LogP contribution in [-0.2, 0) is 14.6 Å². The van der Waals surface area contributed by atoms with Gasteiger partial charge in [-0.25, -0.2) is 13.4 Å². The molecule has 2 aliphatic heterocycles. The first-order valence-electron chi connectivity index (χ1n) is 7.59. The van der Waals surface area contributed by atoms with Gasteiger partial charge in [-0.2, -0.15) is 0 Å². The zero-order valence-corrected chi connectivity index (χ0v) is 14.6. The third-order valence-corrected chi connectivity index (χ3v) is 7.18. The van der Waals surface area contributed by atoms with Crippen LogP contribution in [0.2, 0.25) is 0 Å². The first-order valence-corrected chi connectivity index (χ1v) is 10.3. The summed E-state index contributed by atoms with van der Waals surface area (Å²) >= 11 is 1.37. The maximum atomic E-state index is 12.3. The number of aromatic nitrogens is 1. The number of fused-ring (bicyclic) bond motifs is 1. The molecule has 0 N–H and O–H groups in total. The topological polar surface area (TPSA) is 76.6 Å². The van der Waals surface area contributed by atoms with Crippen LogP contribution in [0.15, 0.2) is 29.6 Å². The van der Waals surface area contributed by atoms with Gasteiger partial charge in [-0.05, 0) is 24.3 Å². The maximum Gasteiger partial charge on any atom is 0.229 e. The van der Waals surface area contributed by atoms with Crippen molar-refractivity contribution in [3.8, 4) is 17.0 Å². The highest BCUT2D eigenvalue weighted by molar-refractivity contribution is 7.91. The number of anilines is 1. The number of ether oxygens (including phenoxy) is 1. The molecule has 2 atom stereocenters. The Labute approximate surface area is 144 Å². The molecule has 1 aromatic carbocycles. The highest BCUT2D eigenvalue weighted by Gasteiger charge is 2.50. The van der Waals surface area contributed by atoms with Crippen molar-refractivity contribution in [2.75, 3.05) is 23.5 Å². The van der Waals surface area contributed by atoms with Gasteiger partial charge < -0.3 is 4.74 Å². The maximum absolute atomic E-state index is 12.3. The Bertz CT molecular complexity index is 889. The Morgan fingerprint density at radius 3 is 2.71 bits per heavy atom. The van der Waals surface area contributed by atoms with Crippen LogP contribution in [0.4, 0.5) is 5.13 Å². The van der Waals surface area contributed by atoms with Crippen molar-refractivity contribution in [1.29, 1.82) is 0 Å². The number of carbonyl (C=O) groups excluding carboxylic acids is 1. The highest BCUT2D eigenvalue weighted by Crippen LogP contribution is 2.39. The van der Waals surface area contributed by atoms with E-state index < -0.39 is 9.84 Å². The van der Waals surface area contributed by atoms with E-state index in [0.29, 0.717) is 11.6 Å². The number of thiazole rings is 1. The van der Waals surface area contributed by atoms with E-state index in [0.717, 1.165) is 17.0 Å². The van der Waals surface area contributed by atoms with Gasteiger partial charge in [-0.1, -0.05) is 0 Å². The molecule has 4 rings (SSSR count). The standard InChI is InChI=1S/C16H16N2O4S2/c1-22-12-4-2-10(3-5-12)13-7-23-16(17-13)18-14-9-24(20,21)8-11(14)6-15(18)19/h2-5,7,11,14H,6,8-9H2,1H3/t11-,14+/m1/s1. The van der Waals surface area contributed by atoms with Crippen molar-refractivity contribution in [3.63, 3.8) is 0 Å². The van der Waals surface area contributed by atoms with Gasteiger partial charge in [0.1, 0.15) is 5.75 Å². The average Bonchev–Trinajstić information content (AvgIpc) is 3.19. The number of carbonyl (C=O) groups is 1. The Morgan fingerprint density at radius 2 is 2.00 bits per heavy atom. The molecule has 0 bridgehead atoms. The molecule has 0 radical (unpaired) electrons. The normalized spacial score (nSPS) is 25.0. The van der Waals surface area contributed by atoms with Gasteiger partial charge >= 0.3 is 0 Å². The van der Waals surface area contributed by atoms with Gasteiger partial charge in [-0.3, -0.25) is 9.69 Å². The summed E-state index contributed by atoms with van der Waals surface area (Å²) in [5, 5.41) is 2.47. The molecule has 0 saturated carbocycles. The lowest BCUT2D eigenvalue weighted by Crippen LogP contribution is -2.36. The Balaban J connectivity index is 1.63. The van der Waals surface area contributed by atoms with Crippen molar-refractivity contribution in [1.82, 2.24) is 4.98 Å². The minimum Gasteiger partial charge on any atom is -0.497 e. The van der Waals surface area contributed by atoms with E-state index in [1.807, 2.05) is 29.6 Å². The number of rotatable bonds is 3. The van der Waals surface area contributed by atoms with E-state index in [1.54, 1.807) is 12.0 Å². The summed E-state index contributed by atoms with van der Waals surface area (Å²) in [6, 6.07) is 7.26. The summed E-state index contributed by atoms with van der Waals surface area (Å²) in [7, 11) is -1.44. The van der Waals surface area contributed by atoms with Crippen LogP contribution < -0.4 is 9.64 Å². The van der Waals surface area contributed by atoms with Crippen LogP contribution in [0, 0.1) is 5.92 Å². The Morgan fingerprint density at radius 1 is 1.25 bits per heavy atom. The van der Waals surface area contributed by atoms with Gasteiger partial charge in [0.25, 0.3) is 0 Å². The van der Waals surface area contributed by atoms with Crippen molar-refractivity contribution in [2.24, 2.45) is 5.92 Å². The van der Waals surface area contributed by atoms with Crippen LogP contribution in [0.25, 0.3) is 11.3 Å². The lowest BCUT2D eigenvalue weighted by atomic mass is 10.1. The second-order valence-electron chi connectivity index (χ2n) is 6.12. The fraction of sp³-hybridized carbons (Fsp3) is 0.375. The molecular weight excluding hydrogens is 348 g/mol. The molecule has 0 spiro atoms. The molecule has 126 valence electrons. The van der Waals surface area contributed by atoms with E-state index in [4.69, 9.17) is 4.74 Å². The lowest BCUT2D eigenvalue weighted by molar-refractivity contribution is -0.117. The molecule has 3 heterocycles. The quantitative estimate of drug-likeness (QED) is 0.832. The lowest BCUT2D eigenvalue weighted by Gasteiger charge is -2.19. The van der Waals surface area contributed by atoms with E-state index in [2.05, 4.69) is 4.98 Å². The Hall–Kier alpha value is -1.93. The number of hydrogen-bond acceptors (Lipinski definition) is 6. The molecule has 0 aliphatic carbocycles. The summed E-state index contributed by atoms with van der Waals surface area (Å²) < 4.78 is 28.8. The van der Waals surface area contributed by atoms with Gasteiger partial charge in [0.15, 0.2) is 15.0 Å². The number of methoxy groups -OCH3 is 1. The molecule has 6 nitrogen and oxygen atoms in total. The SMILES string of the molecule is COc1ccc(-c2csc(N3C(=O)C[C@@H]4CS(=O)(=O)C[C@@H]43)n2)cc1. The monoisotopic (exact) mass is 364 g/mol. The number of nitrogens with zero attached hydrogens (tertiary/aromatic N) is 2. The van der Waals surface area contributed by atoms with E-state index >= 15 is 0 Å². The van der Waals surface area contributed by atoms with Gasteiger partial charge in [0, 0.05) is 23.3 Å². The number of benzene rings is 1. The molecule has 1 amide bonds. The molecule has 2 aliphatic rings. The molecule has 8 heteroatoms. The minimum absolute atomic E-state index is 0.0319. The molecule has 2 aromatic rings. The molecule has 2 saturated heterocycles. The van der Waals surface area contributed by atoms with E-state index in [1.165, 1.54) is 11.3 Å². The smallest absolute Gasteiger partial charge is 0.229 e. The fourth-order valence-electron chi connectivity index (χ4n) is 3.41. The first kappa shape index (κ1) is 15.6. The molecule has 0 unspecified atom stereocenters. The van der Waals surface area contributed by atoms with Gasteiger partial charge in [0.2, 0.25) is 5.91 Å². The molecular formula is C16H16N2O4S2. The van der Waals surface area contributed by atoms with E-state index in [-0.39, 0.29) is 29.4 Å². The van der Waals surface area contributed by atoms with Crippen LogP contribution in [0.3, 0.4) is 0 Å². The van der Waals surface area contributed by atoms with E-state index in [9.17, 15) is 13.2 Å². The largest absolute Gasteiger partial charge is 0.497 e. The number of amides is 1. The highest BCUT2D eigenvalue weighted by atomic mass is 32.2. The zero-order valence-electron chi connectivity index (χ0n) is 13.0. The van der Waals surface area contributed by atoms with Crippen molar-refractivity contribution < 1.29 is 17.9 Å². The third kappa shape index (κ3) is 2.59. The molecule has 1 aromatic heterocycles. The predicted octanol–water partition coefficient (Wildman–Crippen LogP) is 1.97. The van der Waals surface area contributed by atoms with Gasteiger partial charge in [0.05, 0.1) is 30.4 Å². The Kier molecular flexibility index (Phi) is 3.61. The zero-order chi connectivity index (χ0) is 16.9. The number of hydrogen-bond donors (Lipinski definition) is 0. The summed E-state index contributed by atoms with van der Waals surface area (Å²) in [6.07, 6.45) is 0.293. The summed E-state index contributed by atoms with van der Waals surface area (Å²) in [5.74, 6) is 0.784. The molecule has 2 fully saturated rings. The number of sulfone groups is 1. The van der Waals surface area contributed by atoms with Crippen molar-refractivity contribution in [3.05, 3.63) is 29.6 Å². The average molecular weight is 364 g/mol. The second kappa shape index (κ2) is 5.56. The first-order chi connectivity index (χ1) is 11.5. The fourth-order valence-corrected chi connectivity index (χ4v) is 6.38. The molecule has 24 heavy (non-hydrogen) atoms. The van der Waals surface area contributed by atoms with Crippen molar-refractivity contribution in [2.45, 2.75) is 12.5 Å². The minimum atomic E-state index is -3.05. The predicted molar refractivity (Wildman–Crippen MR) is 92.1 cm³/mol. The summed E-state index contributed by atoms with van der Waals surface area (Å²) in [4.78, 5) is 18.5. The van der Waals surface area contributed by atoms with Crippen molar-refractivity contribution >= 4 is 32.2 Å². The van der Waals surface area contributed by atoms with Crippen LogP contribution >= 0.6 is 11.3 Å². The third-order valence-electron chi connectivity index (χ3n) is 4.56. The summed E-state index contributed by atoms with van der Waals surface area (Å²) in [6.45, 7) is 0.